The van der Waals surface area contributed by atoms with E-state index in [0.717, 1.165) is 25.7 Å². The van der Waals surface area contributed by atoms with Gasteiger partial charge in [0.25, 0.3) is 0 Å². The largest absolute Gasteiger partial charge is 4.00 e. The summed E-state index contributed by atoms with van der Waals surface area (Å²) in [5.41, 5.74) is 0. The molecule has 0 aromatic carbocycles. The van der Waals surface area contributed by atoms with E-state index in [9.17, 15) is 0 Å². The summed E-state index contributed by atoms with van der Waals surface area (Å²) in [6.07, 6.45) is 13.0. The van der Waals surface area contributed by atoms with E-state index < -0.39 is 0 Å². The molecule has 0 spiro atoms. The van der Waals surface area contributed by atoms with E-state index in [1.165, 1.54) is 0 Å². The van der Waals surface area contributed by atoms with E-state index >= 15 is 0 Å². The molecule has 0 nitrogen and oxygen atoms in total. The quantitative estimate of drug-likeness (QED) is 0.550. The van der Waals surface area contributed by atoms with Crippen molar-refractivity contribution in [3.63, 3.8) is 0 Å². The van der Waals surface area contributed by atoms with Gasteiger partial charge in [0.05, 0.1) is 0 Å². The van der Waals surface area contributed by atoms with Crippen molar-refractivity contribution in [2.45, 2.75) is 46.5 Å². The Morgan fingerprint density at radius 3 is 1.40 bits per heavy atom. The van der Waals surface area contributed by atoms with Crippen LogP contribution in [0.1, 0.15) is 46.5 Å². The minimum Gasteiger partial charge on any atom is -0.344 e. The molecule has 0 atom stereocenters. The average Bonchev–Trinajstić information content (AvgIpc) is 2.63. The molecule has 0 saturated heterocycles. The zero-order valence-electron chi connectivity index (χ0n) is 10.7. The molecular weight excluding hydrogens is 259 g/mol. The maximum absolute atomic E-state index is 3.49. The second-order valence-electron chi connectivity index (χ2n) is 2.50. The monoisotopic (exact) mass is 284 g/mol. The molecule has 0 fully saturated rings. The van der Waals surface area contributed by atoms with Crippen LogP contribution in [-0.2, 0) is 26.2 Å². The third-order valence-electron chi connectivity index (χ3n) is 0.586. The van der Waals surface area contributed by atoms with Gasteiger partial charge in [-0.3, -0.25) is 6.08 Å². The first-order chi connectivity index (χ1) is 6.74. The molecule has 0 aromatic rings. The summed E-state index contributed by atoms with van der Waals surface area (Å²) in [7, 11) is 0. The van der Waals surface area contributed by atoms with Gasteiger partial charge in [-0.25, -0.2) is 12.2 Å². The van der Waals surface area contributed by atoms with Gasteiger partial charge in [0.15, 0.2) is 0 Å². The smallest absolute Gasteiger partial charge is 0.344 e. The van der Waals surface area contributed by atoms with E-state index in [0.29, 0.717) is 0 Å². The maximum Gasteiger partial charge on any atom is 4.00 e. The second-order valence-corrected chi connectivity index (χ2v) is 2.50. The summed E-state index contributed by atoms with van der Waals surface area (Å²) in [5, 5.41) is 0. The van der Waals surface area contributed by atoms with E-state index in [2.05, 4.69) is 32.9 Å². The van der Waals surface area contributed by atoms with Crippen molar-refractivity contribution < 1.29 is 26.2 Å². The Kier molecular flexibility index (Phi) is 60.0. The second kappa shape index (κ2) is 36.7. The van der Waals surface area contributed by atoms with Gasteiger partial charge in [-0.15, -0.1) is 6.42 Å². The van der Waals surface area contributed by atoms with Crippen molar-refractivity contribution >= 4 is 0 Å². The van der Waals surface area contributed by atoms with Crippen LogP contribution >= 0.6 is 0 Å². The summed E-state index contributed by atoms with van der Waals surface area (Å²) in [4.78, 5) is 0. The summed E-state index contributed by atoms with van der Waals surface area (Å²) < 4.78 is 0. The van der Waals surface area contributed by atoms with Crippen molar-refractivity contribution in [1.29, 1.82) is 0 Å². The molecule has 0 N–H and O–H groups in total. The predicted octanol–water partition coefficient (Wildman–Crippen LogP) is 4.99. The van der Waals surface area contributed by atoms with Gasteiger partial charge < -0.3 is 20.8 Å². The van der Waals surface area contributed by atoms with Crippen LogP contribution in [0.15, 0.2) is 18.2 Å². The van der Waals surface area contributed by atoms with Crippen LogP contribution in [0.3, 0.4) is 0 Å². The molecule has 0 radical (unpaired) electrons. The zero-order valence-corrected chi connectivity index (χ0v) is 13.1. The molecule has 0 unspecified atom stereocenters. The van der Waals surface area contributed by atoms with Gasteiger partial charge in [-0.1, -0.05) is 20.8 Å². The minimum absolute atomic E-state index is 0. The molecule has 86 valence electrons. The first kappa shape index (κ1) is 24.5. The predicted molar refractivity (Wildman–Crippen MR) is 68.5 cm³/mol. The fourth-order valence-corrected chi connectivity index (χ4v) is 0.340. The van der Waals surface area contributed by atoms with Crippen LogP contribution in [0.25, 0.3) is 0 Å². The van der Waals surface area contributed by atoms with Gasteiger partial charge in [0.2, 0.25) is 0 Å². The fraction of sp³-hybridized carbons (Fsp3) is 0.500. The van der Waals surface area contributed by atoms with Gasteiger partial charge in [-0.05, 0) is 0 Å². The van der Waals surface area contributed by atoms with Crippen LogP contribution in [-0.4, -0.2) is 0 Å². The molecule has 0 saturated carbocycles. The van der Waals surface area contributed by atoms with Crippen LogP contribution in [0.5, 0.6) is 0 Å². The van der Waals surface area contributed by atoms with Crippen molar-refractivity contribution in [3.8, 4) is 0 Å². The number of rotatable bonds is 0. The molecule has 1 aliphatic carbocycles. The Morgan fingerprint density at radius 1 is 1.00 bits per heavy atom. The molecule has 1 heteroatoms. The van der Waals surface area contributed by atoms with E-state index in [1.807, 2.05) is 32.9 Å². The SMILES string of the molecule is [C-]1=CC=CC1.[CH2-]CC.[CH2-]CC.[CH2-]CC.[Zr+4]. The fourth-order valence-electron chi connectivity index (χ4n) is 0.340. The third kappa shape index (κ3) is 76.3. The van der Waals surface area contributed by atoms with E-state index in [4.69, 9.17) is 0 Å². The van der Waals surface area contributed by atoms with Gasteiger partial charge in [0.1, 0.15) is 0 Å². The Labute approximate surface area is 117 Å². The Balaban J connectivity index is -0.0000000550. The molecule has 1 aliphatic rings. The Bertz CT molecular complexity index is 89.2. The van der Waals surface area contributed by atoms with E-state index in [-0.39, 0.29) is 26.2 Å². The van der Waals surface area contributed by atoms with Crippen LogP contribution < -0.4 is 0 Å². The molecule has 0 aliphatic heterocycles. The van der Waals surface area contributed by atoms with Crippen LogP contribution in [0, 0.1) is 26.8 Å². The van der Waals surface area contributed by atoms with Crippen LogP contribution in [0.4, 0.5) is 0 Å². The summed E-state index contributed by atoms with van der Waals surface area (Å²) in [6, 6.07) is 0. The third-order valence-corrected chi connectivity index (χ3v) is 0.586. The average molecular weight is 286 g/mol. The molecule has 0 amide bonds. The maximum atomic E-state index is 3.49. The Hall–Kier alpha value is 0.363. The van der Waals surface area contributed by atoms with Gasteiger partial charge in [-0.2, -0.15) is 25.3 Å². The molecule has 0 bridgehead atoms. The number of hydrogen-bond donors (Lipinski definition) is 0. The van der Waals surface area contributed by atoms with Gasteiger partial charge in [0, 0.05) is 0 Å². The standard InChI is InChI=1S/C5H5.3C3H7.Zr/c1-2-4-5-3-1;3*1-3-2;/h1-3H,4H2;3*1,3H2,2H3;/q4*-1;+4. The Morgan fingerprint density at radius 2 is 1.33 bits per heavy atom. The molecule has 0 aromatic heterocycles. The topological polar surface area (TPSA) is 0 Å². The van der Waals surface area contributed by atoms with Crippen molar-refractivity contribution in [2.24, 2.45) is 0 Å². The van der Waals surface area contributed by atoms with Crippen molar-refractivity contribution in [3.05, 3.63) is 45.1 Å². The molecule has 0 heterocycles. The summed E-state index contributed by atoms with van der Waals surface area (Å²) in [6.45, 7) is 16.5. The van der Waals surface area contributed by atoms with Crippen molar-refractivity contribution in [1.82, 2.24) is 0 Å². The number of allylic oxidation sites excluding steroid dienone is 4. The van der Waals surface area contributed by atoms with Gasteiger partial charge >= 0.3 is 26.2 Å². The first-order valence-corrected chi connectivity index (χ1v) is 5.34. The number of hydrogen-bond acceptors (Lipinski definition) is 0. The zero-order chi connectivity index (χ0) is 11.7. The van der Waals surface area contributed by atoms with Crippen molar-refractivity contribution in [2.75, 3.05) is 0 Å². The normalized spacial score (nSPS) is 9.47. The van der Waals surface area contributed by atoms with Crippen LogP contribution in [0.2, 0.25) is 0 Å². The molecular formula is C14H26Zr. The molecule has 15 heavy (non-hydrogen) atoms. The summed E-state index contributed by atoms with van der Waals surface area (Å²) in [5.74, 6) is 0. The molecule has 1 rings (SSSR count). The summed E-state index contributed by atoms with van der Waals surface area (Å²) >= 11 is 0. The first-order valence-electron chi connectivity index (χ1n) is 5.34. The van der Waals surface area contributed by atoms with E-state index in [1.54, 1.807) is 0 Å². The minimum atomic E-state index is 0.